The average molecular weight is 274 g/mol. The largest absolute Gasteiger partial charge is 0.497 e. The van der Waals surface area contributed by atoms with Gasteiger partial charge < -0.3 is 15.2 Å². The maximum absolute atomic E-state index is 5.57. The van der Waals surface area contributed by atoms with Gasteiger partial charge in [-0.05, 0) is 50.4 Å². The van der Waals surface area contributed by atoms with Crippen molar-refractivity contribution in [1.82, 2.24) is 4.98 Å². The van der Waals surface area contributed by atoms with Crippen LogP contribution in [0.1, 0.15) is 24.1 Å². The van der Waals surface area contributed by atoms with Gasteiger partial charge in [-0.1, -0.05) is 0 Å². The Bertz CT molecular complexity index is 597. The van der Waals surface area contributed by atoms with E-state index in [1.54, 1.807) is 14.2 Å². The van der Waals surface area contributed by atoms with Crippen LogP contribution in [-0.2, 0) is 6.42 Å². The Hall–Kier alpha value is -1.81. The number of ether oxygens (including phenoxy) is 2. The summed E-state index contributed by atoms with van der Waals surface area (Å²) in [6.07, 6.45) is 3.10. The van der Waals surface area contributed by atoms with Crippen LogP contribution in [0, 0.1) is 6.92 Å². The predicted octanol–water partition coefficient (Wildman–Crippen LogP) is 2.84. The van der Waals surface area contributed by atoms with Gasteiger partial charge in [0.1, 0.15) is 17.0 Å². The van der Waals surface area contributed by atoms with Crippen molar-refractivity contribution in [2.24, 2.45) is 5.73 Å². The van der Waals surface area contributed by atoms with E-state index in [2.05, 4.69) is 11.1 Å². The number of aromatic nitrogens is 1. The molecule has 0 radical (unpaired) electrons. The second-order valence-corrected chi connectivity index (χ2v) is 4.89. The van der Waals surface area contributed by atoms with Gasteiger partial charge in [0.2, 0.25) is 0 Å². The number of nitrogens with zero attached hydrogens (tertiary/aromatic N) is 1. The van der Waals surface area contributed by atoms with Crippen molar-refractivity contribution in [3.63, 3.8) is 0 Å². The normalized spacial score (nSPS) is 10.8. The minimum atomic E-state index is 0.731. The first-order chi connectivity index (χ1) is 9.69. The first kappa shape index (κ1) is 14.6. The molecule has 0 aliphatic rings. The SMILES string of the molecule is COc1cc(OC)c2nc(C)cc(CCCCN)c2c1. The molecule has 2 N–H and O–H groups in total. The summed E-state index contributed by atoms with van der Waals surface area (Å²) < 4.78 is 10.8. The topological polar surface area (TPSA) is 57.4 Å². The molecular weight excluding hydrogens is 252 g/mol. The second-order valence-electron chi connectivity index (χ2n) is 4.89. The standard InChI is InChI=1S/C16H22N2O2/c1-11-8-12(6-4-5-7-17)14-9-13(19-2)10-15(20-3)16(14)18-11/h8-10H,4-7,17H2,1-3H3. The van der Waals surface area contributed by atoms with Crippen LogP contribution in [0.5, 0.6) is 11.5 Å². The van der Waals surface area contributed by atoms with Gasteiger partial charge in [0.25, 0.3) is 0 Å². The highest BCUT2D eigenvalue weighted by Crippen LogP contribution is 2.32. The van der Waals surface area contributed by atoms with Crippen molar-refractivity contribution in [2.45, 2.75) is 26.2 Å². The minimum absolute atomic E-state index is 0.731. The molecule has 4 heteroatoms. The van der Waals surface area contributed by atoms with Gasteiger partial charge in [-0.3, -0.25) is 0 Å². The average Bonchev–Trinajstić information content (AvgIpc) is 2.46. The lowest BCUT2D eigenvalue weighted by Gasteiger charge is -2.12. The fourth-order valence-corrected chi connectivity index (χ4v) is 2.42. The minimum Gasteiger partial charge on any atom is -0.497 e. The number of rotatable bonds is 6. The van der Waals surface area contributed by atoms with Gasteiger partial charge in [0.05, 0.1) is 14.2 Å². The number of fused-ring (bicyclic) bond motifs is 1. The number of hydrogen-bond acceptors (Lipinski definition) is 4. The van der Waals surface area contributed by atoms with E-state index in [1.165, 1.54) is 5.56 Å². The molecule has 108 valence electrons. The molecule has 0 amide bonds. The van der Waals surface area contributed by atoms with Crippen LogP contribution in [0.2, 0.25) is 0 Å². The lowest BCUT2D eigenvalue weighted by Crippen LogP contribution is -2.00. The first-order valence-corrected chi connectivity index (χ1v) is 6.92. The third kappa shape index (κ3) is 3.02. The van der Waals surface area contributed by atoms with E-state index in [4.69, 9.17) is 15.2 Å². The Balaban J connectivity index is 2.54. The molecule has 0 bridgehead atoms. The quantitative estimate of drug-likeness (QED) is 0.823. The molecule has 1 aromatic heterocycles. The van der Waals surface area contributed by atoms with Crippen LogP contribution in [-0.4, -0.2) is 25.7 Å². The lowest BCUT2D eigenvalue weighted by molar-refractivity contribution is 0.397. The summed E-state index contributed by atoms with van der Waals surface area (Å²) in [4.78, 5) is 4.61. The van der Waals surface area contributed by atoms with Gasteiger partial charge in [0.15, 0.2) is 0 Å². The summed E-state index contributed by atoms with van der Waals surface area (Å²) in [5.41, 5.74) is 8.75. The van der Waals surface area contributed by atoms with Crippen LogP contribution < -0.4 is 15.2 Å². The summed E-state index contributed by atoms with van der Waals surface area (Å²) in [7, 11) is 3.32. The molecule has 0 aliphatic carbocycles. The number of benzene rings is 1. The maximum Gasteiger partial charge on any atom is 0.148 e. The van der Waals surface area contributed by atoms with E-state index in [-0.39, 0.29) is 0 Å². The summed E-state index contributed by atoms with van der Waals surface area (Å²) in [5, 5.41) is 1.10. The number of hydrogen-bond donors (Lipinski definition) is 1. The van der Waals surface area contributed by atoms with Crippen LogP contribution in [0.3, 0.4) is 0 Å². The van der Waals surface area contributed by atoms with E-state index in [1.807, 2.05) is 19.1 Å². The molecule has 0 spiro atoms. The Morgan fingerprint density at radius 1 is 1.10 bits per heavy atom. The molecule has 0 aliphatic heterocycles. The molecule has 1 heterocycles. The summed E-state index contributed by atoms with van der Waals surface area (Å²) in [6.45, 7) is 2.74. The van der Waals surface area contributed by atoms with E-state index < -0.39 is 0 Å². The Morgan fingerprint density at radius 3 is 2.55 bits per heavy atom. The zero-order valence-corrected chi connectivity index (χ0v) is 12.4. The smallest absolute Gasteiger partial charge is 0.148 e. The number of nitrogens with two attached hydrogens (primary N) is 1. The zero-order chi connectivity index (χ0) is 14.5. The molecular formula is C16H22N2O2. The maximum atomic E-state index is 5.57. The predicted molar refractivity (Wildman–Crippen MR) is 81.6 cm³/mol. The number of pyridine rings is 1. The highest BCUT2D eigenvalue weighted by molar-refractivity contribution is 5.89. The third-order valence-electron chi connectivity index (χ3n) is 3.42. The summed E-state index contributed by atoms with van der Waals surface area (Å²) >= 11 is 0. The van der Waals surface area contributed by atoms with Crippen molar-refractivity contribution in [1.29, 1.82) is 0 Å². The Morgan fingerprint density at radius 2 is 1.90 bits per heavy atom. The number of unbranched alkanes of at least 4 members (excludes halogenated alkanes) is 1. The fraction of sp³-hybridized carbons (Fsp3) is 0.438. The van der Waals surface area contributed by atoms with Gasteiger partial charge >= 0.3 is 0 Å². The van der Waals surface area contributed by atoms with Crippen LogP contribution in [0.25, 0.3) is 10.9 Å². The molecule has 0 saturated heterocycles. The Kier molecular flexibility index (Phi) is 4.79. The van der Waals surface area contributed by atoms with Gasteiger partial charge in [-0.25, -0.2) is 4.98 Å². The molecule has 0 unspecified atom stereocenters. The van der Waals surface area contributed by atoms with Crippen molar-refractivity contribution < 1.29 is 9.47 Å². The molecule has 0 saturated carbocycles. The first-order valence-electron chi connectivity index (χ1n) is 6.92. The van der Waals surface area contributed by atoms with Crippen LogP contribution in [0.4, 0.5) is 0 Å². The van der Waals surface area contributed by atoms with Crippen molar-refractivity contribution in [2.75, 3.05) is 20.8 Å². The number of methoxy groups -OCH3 is 2. The lowest BCUT2D eigenvalue weighted by atomic mass is 10.0. The van der Waals surface area contributed by atoms with E-state index in [0.717, 1.165) is 53.9 Å². The molecule has 2 rings (SSSR count). The van der Waals surface area contributed by atoms with Gasteiger partial charge in [-0.15, -0.1) is 0 Å². The molecule has 2 aromatic rings. The summed E-state index contributed by atoms with van der Waals surface area (Å²) in [5.74, 6) is 1.54. The number of aryl methyl sites for hydroxylation is 2. The zero-order valence-electron chi connectivity index (χ0n) is 12.4. The van der Waals surface area contributed by atoms with Crippen LogP contribution in [0.15, 0.2) is 18.2 Å². The van der Waals surface area contributed by atoms with Gasteiger partial charge in [0, 0.05) is 17.1 Å². The van der Waals surface area contributed by atoms with E-state index in [9.17, 15) is 0 Å². The highest BCUT2D eigenvalue weighted by atomic mass is 16.5. The molecule has 0 atom stereocenters. The highest BCUT2D eigenvalue weighted by Gasteiger charge is 2.11. The Labute approximate surface area is 119 Å². The third-order valence-corrected chi connectivity index (χ3v) is 3.42. The summed E-state index contributed by atoms with van der Waals surface area (Å²) in [6, 6.07) is 6.04. The fourth-order valence-electron chi connectivity index (χ4n) is 2.42. The van der Waals surface area contributed by atoms with Crippen LogP contribution >= 0.6 is 0 Å². The van der Waals surface area contributed by atoms with Crippen molar-refractivity contribution >= 4 is 10.9 Å². The molecule has 0 fully saturated rings. The molecule has 20 heavy (non-hydrogen) atoms. The monoisotopic (exact) mass is 274 g/mol. The van der Waals surface area contributed by atoms with Crippen molar-refractivity contribution in [3.8, 4) is 11.5 Å². The molecule has 4 nitrogen and oxygen atoms in total. The van der Waals surface area contributed by atoms with E-state index >= 15 is 0 Å². The molecule has 1 aromatic carbocycles. The second kappa shape index (κ2) is 6.57. The van der Waals surface area contributed by atoms with Crippen molar-refractivity contribution in [3.05, 3.63) is 29.5 Å². The van der Waals surface area contributed by atoms with E-state index in [0.29, 0.717) is 0 Å². The van der Waals surface area contributed by atoms with Gasteiger partial charge in [-0.2, -0.15) is 0 Å².